The number of benzene rings is 1. The fraction of sp³-hybridized carbons (Fsp3) is 0.650. The Morgan fingerprint density at radius 1 is 1.22 bits per heavy atom. The average Bonchev–Trinajstić information content (AvgIpc) is 2.58. The Labute approximate surface area is 163 Å². The fourth-order valence-electron chi connectivity index (χ4n) is 3.79. The van der Waals surface area contributed by atoms with Gasteiger partial charge in [0.1, 0.15) is 0 Å². The second-order valence-electron chi connectivity index (χ2n) is 7.60. The molecule has 1 aromatic carbocycles. The van der Waals surface area contributed by atoms with E-state index in [4.69, 9.17) is 4.74 Å². The van der Waals surface area contributed by atoms with E-state index in [2.05, 4.69) is 5.32 Å². The molecule has 1 fully saturated rings. The van der Waals surface area contributed by atoms with Crippen molar-refractivity contribution in [3.05, 3.63) is 28.8 Å². The number of ether oxygens (including phenoxy) is 1. The summed E-state index contributed by atoms with van der Waals surface area (Å²) in [6.45, 7) is 8.96. The Hall–Kier alpha value is -1.44. The first-order valence-corrected chi connectivity index (χ1v) is 11.0. The normalized spacial score (nSPS) is 17.7. The van der Waals surface area contributed by atoms with Crippen LogP contribution in [0.5, 0.6) is 0 Å². The molecule has 6 nitrogen and oxygen atoms in total. The number of hydrogen-bond donors (Lipinski definition) is 1. The van der Waals surface area contributed by atoms with E-state index < -0.39 is 10.0 Å². The predicted molar refractivity (Wildman–Crippen MR) is 106 cm³/mol. The molecule has 1 atom stereocenters. The minimum Gasteiger partial charge on any atom is -0.385 e. The Bertz CT molecular complexity index is 745. The van der Waals surface area contributed by atoms with E-state index in [0.29, 0.717) is 37.4 Å². The molecule has 1 heterocycles. The van der Waals surface area contributed by atoms with Gasteiger partial charge in [0.2, 0.25) is 15.9 Å². The van der Waals surface area contributed by atoms with Crippen molar-refractivity contribution in [1.82, 2.24) is 9.62 Å². The number of piperidine rings is 1. The highest BCUT2D eigenvalue weighted by Crippen LogP contribution is 2.28. The molecule has 27 heavy (non-hydrogen) atoms. The lowest BCUT2D eigenvalue weighted by Gasteiger charge is -2.32. The Morgan fingerprint density at radius 2 is 1.78 bits per heavy atom. The smallest absolute Gasteiger partial charge is 0.243 e. The molecule has 1 aliphatic rings. The van der Waals surface area contributed by atoms with Crippen molar-refractivity contribution in [1.29, 1.82) is 0 Å². The number of methoxy groups -OCH3 is 1. The van der Waals surface area contributed by atoms with Crippen LogP contribution in [-0.2, 0) is 19.6 Å². The molecule has 1 aliphatic heterocycles. The molecule has 152 valence electrons. The van der Waals surface area contributed by atoms with Crippen molar-refractivity contribution in [2.75, 3.05) is 26.8 Å². The molecule has 1 aromatic rings. The summed E-state index contributed by atoms with van der Waals surface area (Å²) >= 11 is 0. The van der Waals surface area contributed by atoms with E-state index >= 15 is 0 Å². The van der Waals surface area contributed by atoms with E-state index in [1.165, 1.54) is 4.31 Å². The van der Waals surface area contributed by atoms with Gasteiger partial charge in [-0.25, -0.2) is 8.42 Å². The van der Waals surface area contributed by atoms with Crippen molar-refractivity contribution >= 4 is 15.9 Å². The van der Waals surface area contributed by atoms with Gasteiger partial charge in [-0.1, -0.05) is 17.7 Å². The maximum Gasteiger partial charge on any atom is 0.243 e. The molecular weight excluding hydrogens is 364 g/mol. The largest absolute Gasteiger partial charge is 0.385 e. The minimum atomic E-state index is -3.54. The summed E-state index contributed by atoms with van der Waals surface area (Å²) in [6, 6.07) is 3.86. The SMILES string of the molecule is COCCC(C)NC(=O)C1CCN(S(=O)(=O)c2c(C)cc(C)cc2C)CC1. The van der Waals surface area contributed by atoms with Gasteiger partial charge in [0.05, 0.1) is 4.90 Å². The lowest BCUT2D eigenvalue weighted by molar-refractivity contribution is -0.126. The van der Waals surface area contributed by atoms with Crippen molar-refractivity contribution < 1.29 is 17.9 Å². The monoisotopic (exact) mass is 396 g/mol. The van der Waals surface area contributed by atoms with Crippen molar-refractivity contribution in [2.24, 2.45) is 5.92 Å². The maximum atomic E-state index is 13.1. The van der Waals surface area contributed by atoms with Crippen molar-refractivity contribution in [3.63, 3.8) is 0 Å². The summed E-state index contributed by atoms with van der Waals surface area (Å²) < 4.78 is 32.8. The molecule has 0 aliphatic carbocycles. The van der Waals surface area contributed by atoms with Gasteiger partial charge in [0.25, 0.3) is 0 Å². The lowest BCUT2D eigenvalue weighted by Crippen LogP contribution is -2.45. The van der Waals surface area contributed by atoms with Crippen LogP contribution in [0.2, 0.25) is 0 Å². The third kappa shape index (κ3) is 5.30. The first-order valence-electron chi connectivity index (χ1n) is 9.54. The second-order valence-corrected chi connectivity index (χ2v) is 9.47. The number of amides is 1. The van der Waals surface area contributed by atoms with Gasteiger partial charge in [0, 0.05) is 38.8 Å². The number of sulfonamides is 1. The van der Waals surface area contributed by atoms with Crippen LogP contribution in [0.25, 0.3) is 0 Å². The molecule has 2 rings (SSSR count). The van der Waals surface area contributed by atoms with E-state index in [9.17, 15) is 13.2 Å². The van der Waals surface area contributed by atoms with E-state index in [1.54, 1.807) is 7.11 Å². The van der Waals surface area contributed by atoms with Gasteiger partial charge in [-0.2, -0.15) is 4.31 Å². The summed E-state index contributed by atoms with van der Waals surface area (Å²) in [5.74, 6) is -0.125. The van der Waals surface area contributed by atoms with Gasteiger partial charge in [-0.05, 0) is 58.1 Å². The maximum absolute atomic E-state index is 13.1. The van der Waals surface area contributed by atoms with E-state index in [1.807, 2.05) is 39.8 Å². The van der Waals surface area contributed by atoms with Crippen LogP contribution in [-0.4, -0.2) is 51.5 Å². The highest BCUT2D eigenvalue weighted by atomic mass is 32.2. The highest BCUT2D eigenvalue weighted by molar-refractivity contribution is 7.89. The summed E-state index contributed by atoms with van der Waals surface area (Å²) in [5, 5.41) is 3.01. The lowest BCUT2D eigenvalue weighted by atomic mass is 9.97. The summed E-state index contributed by atoms with van der Waals surface area (Å²) in [4.78, 5) is 12.8. The standard InChI is InChI=1S/C20H32N2O4S/c1-14-12-15(2)19(16(3)13-14)27(24,25)22-9-6-18(7-10-22)20(23)21-17(4)8-11-26-5/h12-13,17-18H,6-11H2,1-5H3,(H,21,23). The number of carbonyl (C=O) groups is 1. The molecule has 0 aromatic heterocycles. The molecule has 1 saturated heterocycles. The van der Waals surface area contributed by atoms with Crippen LogP contribution in [0.3, 0.4) is 0 Å². The quantitative estimate of drug-likeness (QED) is 0.768. The summed E-state index contributed by atoms with van der Waals surface area (Å²) in [6.07, 6.45) is 1.86. The number of carbonyl (C=O) groups excluding carboxylic acids is 1. The number of aryl methyl sites for hydroxylation is 3. The Morgan fingerprint density at radius 3 is 2.30 bits per heavy atom. The van der Waals surface area contributed by atoms with Crippen LogP contribution in [0.1, 0.15) is 42.9 Å². The van der Waals surface area contributed by atoms with Crippen LogP contribution >= 0.6 is 0 Å². The predicted octanol–water partition coefficient (Wildman–Crippen LogP) is 2.55. The first-order chi connectivity index (χ1) is 12.7. The number of nitrogens with zero attached hydrogens (tertiary/aromatic N) is 1. The number of rotatable bonds is 7. The highest BCUT2D eigenvalue weighted by Gasteiger charge is 2.33. The molecule has 0 spiro atoms. The first kappa shape index (κ1) is 21.9. The van der Waals surface area contributed by atoms with Crippen LogP contribution < -0.4 is 5.32 Å². The second kappa shape index (κ2) is 9.17. The van der Waals surface area contributed by atoms with Crippen molar-refractivity contribution in [2.45, 2.75) is 57.9 Å². The molecule has 1 amide bonds. The van der Waals surface area contributed by atoms with Crippen LogP contribution in [0.4, 0.5) is 0 Å². The number of nitrogens with one attached hydrogen (secondary N) is 1. The zero-order valence-corrected chi connectivity index (χ0v) is 17.9. The zero-order chi connectivity index (χ0) is 20.2. The van der Waals surface area contributed by atoms with Gasteiger partial charge in [-0.15, -0.1) is 0 Å². The van der Waals surface area contributed by atoms with E-state index in [-0.39, 0.29) is 17.9 Å². The van der Waals surface area contributed by atoms with Gasteiger partial charge >= 0.3 is 0 Å². The molecule has 1 unspecified atom stereocenters. The Kier molecular flexibility index (Phi) is 7.42. The topological polar surface area (TPSA) is 75.7 Å². The third-order valence-corrected chi connectivity index (χ3v) is 7.38. The van der Waals surface area contributed by atoms with Gasteiger partial charge in [0.15, 0.2) is 0 Å². The molecule has 0 radical (unpaired) electrons. The Balaban J connectivity index is 2.02. The fourth-order valence-corrected chi connectivity index (χ4v) is 5.67. The minimum absolute atomic E-state index is 0.0124. The average molecular weight is 397 g/mol. The summed E-state index contributed by atoms with van der Waals surface area (Å²) in [5.41, 5.74) is 2.61. The zero-order valence-electron chi connectivity index (χ0n) is 17.0. The van der Waals surface area contributed by atoms with E-state index in [0.717, 1.165) is 23.1 Å². The van der Waals surface area contributed by atoms with Gasteiger partial charge < -0.3 is 10.1 Å². The molecule has 7 heteroatoms. The van der Waals surface area contributed by atoms with Crippen LogP contribution in [0, 0.1) is 26.7 Å². The van der Waals surface area contributed by atoms with Gasteiger partial charge in [-0.3, -0.25) is 4.79 Å². The molecule has 1 N–H and O–H groups in total. The summed E-state index contributed by atoms with van der Waals surface area (Å²) in [7, 11) is -1.90. The van der Waals surface area contributed by atoms with Crippen LogP contribution in [0.15, 0.2) is 17.0 Å². The molecular formula is C20H32N2O4S. The number of hydrogen-bond acceptors (Lipinski definition) is 4. The molecule has 0 saturated carbocycles. The van der Waals surface area contributed by atoms with Crippen molar-refractivity contribution in [3.8, 4) is 0 Å². The molecule has 0 bridgehead atoms. The third-order valence-electron chi connectivity index (χ3n) is 5.17.